The highest BCUT2D eigenvalue weighted by Crippen LogP contribution is 2.43. The van der Waals surface area contributed by atoms with Crippen LogP contribution in [0.1, 0.15) is 45.4 Å². The molecule has 0 unspecified atom stereocenters. The minimum atomic E-state index is -1.02. The predicted molar refractivity (Wildman–Crippen MR) is 154 cm³/mol. The number of urea groups is 1. The van der Waals surface area contributed by atoms with Gasteiger partial charge in [-0.1, -0.05) is 48.5 Å². The second-order valence-electron chi connectivity index (χ2n) is 9.35. The van der Waals surface area contributed by atoms with Crippen molar-refractivity contribution in [2.75, 3.05) is 24.1 Å². The first-order valence-corrected chi connectivity index (χ1v) is 13.5. The maximum atomic E-state index is 12.9. The summed E-state index contributed by atoms with van der Waals surface area (Å²) >= 11 is 1.30. The number of fused-ring (bicyclic) bond motifs is 1. The van der Waals surface area contributed by atoms with Crippen molar-refractivity contribution in [2.24, 2.45) is 0 Å². The summed E-state index contributed by atoms with van der Waals surface area (Å²) in [6.07, 6.45) is 0.585. The van der Waals surface area contributed by atoms with Gasteiger partial charge in [-0.15, -0.1) is 11.3 Å². The fourth-order valence-corrected chi connectivity index (χ4v) is 6.23. The van der Waals surface area contributed by atoms with Crippen molar-refractivity contribution < 1.29 is 19.4 Å². The number of para-hydroxylation sites is 1. The van der Waals surface area contributed by atoms with Crippen LogP contribution in [0.25, 0.3) is 0 Å². The predicted octanol–water partition coefficient (Wildman–Crippen LogP) is 6.30. The second-order valence-corrected chi connectivity index (χ2v) is 10.4. The van der Waals surface area contributed by atoms with Crippen LogP contribution in [-0.4, -0.2) is 35.1 Å². The fourth-order valence-electron chi connectivity index (χ4n) is 4.99. The van der Waals surface area contributed by atoms with Gasteiger partial charge in [0.1, 0.15) is 16.5 Å². The third-order valence-corrected chi connectivity index (χ3v) is 8.09. The lowest BCUT2D eigenvalue weighted by Crippen LogP contribution is -2.43. The molecule has 0 radical (unpaired) electrons. The van der Waals surface area contributed by atoms with Gasteiger partial charge in [0, 0.05) is 29.7 Å². The van der Waals surface area contributed by atoms with Gasteiger partial charge in [0.25, 0.3) is 0 Å². The molecular weight excluding hydrogens is 512 g/mol. The number of nitrogens with two attached hydrogens (primary N) is 1. The van der Waals surface area contributed by atoms with Crippen LogP contribution < -0.4 is 21.1 Å². The van der Waals surface area contributed by atoms with Crippen molar-refractivity contribution in [1.29, 1.82) is 0 Å². The minimum absolute atomic E-state index is 0.0583. The van der Waals surface area contributed by atoms with Crippen molar-refractivity contribution in [2.45, 2.75) is 25.4 Å². The number of nitrogens with one attached hydrogen (secondary N) is 2. The Bertz CT molecular complexity index is 1440. The van der Waals surface area contributed by atoms with E-state index in [1.165, 1.54) is 11.3 Å². The number of nitrogen functional groups attached to an aromatic ring is 1. The molecule has 5 rings (SSSR count). The first kappa shape index (κ1) is 26.3. The Balaban J connectivity index is 1.30. The Kier molecular flexibility index (Phi) is 7.81. The molecule has 0 fully saturated rings. The van der Waals surface area contributed by atoms with Crippen molar-refractivity contribution in [3.05, 3.63) is 106 Å². The van der Waals surface area contributed by atoms with Crippen molar-refractivity contribution in [3.8, 4) is 11.5 Å². The summed E-state index contributed by atoms with van der Waals surface area (Å²) in [5, 5.41) is 15.9. The van der Waals surface area contributed by atoms with E-state index in [-0.39, 0.29) is 23.7 Å². The van der Waals surface area contributed by atoms with E-state index < -0.39 is 5.97 Å². The first-order valence-electron chi connectivity index (χ1n) is 12.7. The van der Waals surface area contributed by atoms with Crippen LogP contribution >= 0.6 is 11.3 Å². The molecule has 0 aliphatic carbocycles. The summed E-state index contributed by atoms with van der Waals surface area (Å²) in [6, 6.07) is 26.2. The van der Waals surface area contributed by atoms with Crippen LogP contribution in [-0.2, 0) is 6.42 Å². The first-order chi connectivity index (χ1) is 18.9. The highest BCUT2D eigenvalue weighted by Gasteiger charge is 2.36. The number of hydrogen-bond acceptors (Lipinski definition) is 6. The van der Waals surface area contributed by atoms with E-state index in [1.807, 2.05) is 48.5 Å². The van der Waals surface area contributed by atoms with Gasteiger partial charge in [0.05, 0.1) is 11.6 Å². The Morgan fingerprint density at radius 1 is 1.03 bits per heavy atom. The summed E-state index contributed by atoms with van der Waals surface area (Å²) in [7, 11) is 0. The summed E-state index contributed by atoms with van der Waals surface area (Å²) < 4.78 is 5.81. The quantitative estimate of drug-likeness (QED) is 0.208. The van der Waals surface area contributed by atoms with Gasteiger partial charge in [-0.2, -0.15) is 0 Å². The van der Waals surface area contributed by atoms with Gasteiger partial charge in [-0.25, -0.2) is 9.59 Å². The van der Waals surface area contributed by atoms with Gasteiger partial charge < -0.3 is 26.2 Å². The van der Waals surface area contributed by atoms with Gasteiger partial charge in [-0.3, -0.25) is 4.90 Å². The number of benzene rings is 3. The van der Waals surface area contributed by atoms with E-state index >= 15 is 0 Å². The van der Waals surface area contributed by atoms with Crippen molar-refractivity contribution in [3.63, 3.8) is 0 Å². The Hall–Kier alpha value is -4.34. The highest BCUT2D eigenvalue weighted by molar-refractivity contribution is 7.16. The van der Waals surface area contributed by atoms with Crippen LogP contribution in [0.3, 0.4) is 0 Å². The normalized spacial score (nSPS) is 15.7. The van der Waals surface area contributed by atoms with Gasteiger partial charge in [-0.05, 0) is 60.9 Å². The van der Waals surface area contributed by atoms with Crippen molar-refractivity contribution in [1.82, 2.24) is 10.2 Å². The molecule has 5 N–H and O–H groups in total. The zero-order chi connectivity index (χ0) is 27.4. The molecule has 4 aromatic rings. The molecule has 1 aromatic heterocycles. The van der Waals surface area contributed by atoms with E-state index in [1.54, 1.807) is 24.3 Å². The van der Waals surface area contributed by atoms with Gasteiger partial charge in [0.15, 0.2) is 0 Å². The maximum Gasteiger partial charge on any atom is 0.338 e. The van der Waals surface area contributed by atoms with Crippen LogP contribution in [0, 0.1) is 0 Å². The Morgan fingerprint density at radius 3 is 2.33 bits per heavy atom. The number of carboxylic acid groups (broad SMARTS) is 1. The van der Waals surface area contributed by atoms with Crippen LogP contribution in [0.2, 0.25) is 0 Å². The standard InChI is InChI=1S/C30H30N4O4S/c1-19(20-8-4-2-5-9-20)34-17-16-24-26(29(35)36)28(31)39-27(24)25(34)18-32-30(37)33-21-12-14-23(15-13-21)38-22-10-6-3-7-11-22/h2-15,19,25H,16-18,31H2,1H3,(H,35,36)(H2,32,33,37)/t19-,25-/m0/s1. The molecular formula is C30H30N4O4S. The third-order valence-electron chi connectivity index (χ3n) is 6.93. The smallest absolute Gasteiger partial charge is 0.338 e. The Morgan fingerprint density at radius 2 is 1.67 bits per heavy atom. The van der Waals surface area contributed by atoms with E-state index in [0.717, 1.165) is 21.8 Å². The number of carbonyl (C=O) groups is 2. The number of nitrogens with zero attached hydrogens (tertiary/aromatic N) is 1. The number of carboxylic acids is 1. The van der Waals surface area contributed by atoms with Crippen LogP contribution in [0.15, 0.2) is 84.9 Å². The second kappa shape index (κ2) is 11.6. The van der Waals surface area contributed by atoms with Crippen LogP contribution in [0.5, 0.6) is 11.5 Å². The van der Waals surface area contributed by atoms with E-state index in [2.05, 4.69) is 34.6 Å². The van der Waals surface area contributed by atoms with E-state index in [4.69, 9.17) is 10.5 Å². The zero-order valence-electron chi connectivity index (χ0n) is 21.5. The maximum absolute atomic E-state index is 12.9. The molecule has 0 bridgehead atoms. The number of anilines is 2. The number of ether oxygens (including phenoxy) is 1. The van der Waals surface area contributed by atoms with E-state index in [9.17, 15) is 14.7 Å². The average Bonchev–Trinajstić information content (AvgIpc) is 3.29. The summed E-state index contributed by atoms with van der Waals surface area (Å²) in [6.45, 7) is 3.07. The molecule has 0 saturated heterocycles. The molecule has 0 saturated carbocycles. The molecule has 0 spiro atoms. The number of thiophene rings is 1. The number of rotatable bonds is 8. The average molecular weight is 543 g/mol. The summed E-state index contributed by atoms with van der Waals surface area (Å²) in [4.78, 5) is 28.0. The molecule has 2 heterocycles. The monoisotopic (exact) mass is 542 g/mol. The topological polar surface area (TPSA) is 117 Å². The van der Waals surface area contributed by atoms with Gasteiger partial charge in [0.2, 0.25) is 0 Å². The minimum Gasteiger partial charge on any atom is -0.478 e. The summed E-state index contributed by atoms with van der Waals surface area (Å²) in [5.74, 6) is 0.382. The lowest BCUT2D eigenvalue weighted by atomic mass is 9.94. The number of aromatic carboxylic acids is 1. The zero-order valence-corrected chi connectivity index (χ0v) is 22.3. The van der Waals surface area contributed by atoms with Crippen molar-refractivity contribution >= 4 is 34.0 Å². The molecule has 1 aliphatic heterocycles. The van der Waals surface area contributed by atoms with Gasteiger partial charge >= 0.3 is 12.0 Å². The molecule has 9 heteroatoms. The molecule has 200 valence electrons. The Labute approximate surface area is 231 Å². The lowest BCUT2D eigenvalue weighted by Gasteiger charge is -2.40. The lowest BCUT2D eigenvalue weighted by molar-refractivity contribution is 0.0695. The molecule has 8 nitrogen and oxygen atoms in total. The fraction of sp³-hybridized carbons (Fsp3) is 0.200. The SMILES string of the molecule is C[C@@H](c1ccccc1)N1CCc2c(sc(N)c2C(=O)O)[C@@H]1CNC(=O)Nc1ccc(Oc2ccccc2)cc1. The molecule has 2 atom stereocenters. The number of amides is 2. The van der Waals surface area contributed by atoms with E-state index in [0.29, 0.717) is 35.9 Å². The number of carbonyl (C=O) groups excluding carboxylic acids is 1. The molecule has 2 amide bonds. The third kappa shape index (κ3) is 5.89. The summed E-state index contributed by atoms with van der Waals surface area (Å²) in [5.41, 5.74) is 8.88. The molecule has 1 aliphatic rings. The largest absolute Gasteiger partial charge is 0.478 e. The highest BCUT2D eigenvalue weighted by atomic mass is 32.1. The number of hydrogen-bond donors (Lipinski definition) is 4. The molecule has 39 heavy (non-hydrogen) atoms. The van der Waals surface area contributed by atoms with Crippen LogP contribution in [0.4, 0.5) is 15.5 Å². The molecule has 3 aromatic carbocycles.